The van der Waals surface area contributed by atoms with Gasteiger partial charge in [-0.3, -0.25) is 4.79 Å². The van der Waals surface area contributed by atoms with Gasteiger partial charge < -0.3 is 9.64 Å². The molecule has 0 saturated heterocycles. The van der Waals surface area contributed by atoms with Gasteiger partial charge in [-0.1, -0.05) is 30.3 Å². The first-order chi connectivity index (χ1) is 10.6. The smallest absolute Gasteiger partial charge is 0.265 e. The maximum atomic E-state index is 14.2. The minimum absolute atomic E-state index is 0.292. The normalized spacial score (nSPS) is 15.2. The number of halogens is 1. The first-order valence-corrected chi connectivity index (χ1v) is 7.17. The Balaban J connectivity index is 1.89. The second kappa shape index (κ2) is 5.75. The van der Waals surface area contributed by atoms with Crippen LogP contribution in [0.5, 0.6) is 5.88 Å². The Hall–Kier alpha value is -2.43. The molecule has 0 spiro atoms. The topological polar surface area (TPSA) is 42.4 Å². The van der Waals surface area contributed by atoms with Gasteiger partial charge in [0.1, 0.15) is 0 Å². The highest BCUT2D eigenvalue weighted by Gasteiger charge is 2.53. The zero-order valence-electron chi connectivity index (χ0n) is 12.3. The molecule has 0 N–H and O–H groups in total. The molecular weight excluding hydrogens is 283 g/mol. The number of ether oxygens (including phenoxy) is 1. The predicted molar refractivity (Wildman–Crippen MR) is 81.5 cm³/mol. The van der Waals surface area contributed by atoms with Crippen molar-refractivity contribution in [2.75, 3.05) is 12.0 Å². The van der Waals surface area contributed by atoms with E-state index in [0.717, 1.165) is 5.56 Å². The molecular formula is C17H17FN2O2. The van der Waals surface area contributed by atoms with E-state index in [0.29, 0.717) is 31.0 Å². The third-order valence-corrected chi connectivity index (χ3v) is 3.74. The van der Waals surface area contributed by atoms with Crippen LogP contribution in [0.2, 0.25) is 0 Å². The van der Waals surface area contributed by atoms with Crippen LogP contribution in [0.4, 0.5) is 10.1 Å². The van der Waals surface area contributed by atoms with Gasteiger partial charge in [0.05, 0.1) is 25.5 Å². The Morgan fingerprint density at radius 3 is 2.55 bits per heavy atom. The number of carbonyl (C=O) groups is 1. The summed E-state index contributed by atoms with van der Waals surface area (Å²) >= 11 is 0. The van der Waals surface area contributed by atoms with Crippen molar-refractivity contribution >= 4 is 11.6 Å². The molecule has 1 aliphatic rings. The number of hydrogen-bond acceptors (Lipinski definition) is 3. The van der Waals surface area contributed by atoms with Gasteiger partial charge in [0.2, 0.25) is 5.88 Å². The van der Waals surface area contributed by atoms with Crippen molar-refractivity contribution in [3.8, 4) is 5.88 Å². The van der Waals surface area contributed by atoms with E-state index in [-0.39, 0.29) is 0 Å². The van der Waals surface area contributed by atoms with Crippen LogP contribution in [-0.2, 0) is 11.3 Å². The number of methoxy groups -OCH3 is 1. The van der Waals surface area contributed by atoms with Crippen LogP contribution in [-0.4, -0.2) is 23.7 Å². The fourth-order valence-corrected chi connectivity index (χ4v) is 2.26. The van der Waals surface area contributed by atoms with E-state index in [4.69, 9.17) is 4.74 Å². The summed E-state index contributed by atoms with van der Waals surface area (Å²) in [5, 5.41) is 0. The van der Waals surface area contributed by atoms with E-state index in [1.165, 1.54) is 18.2 Å². The summed E-state index contributed by atoms with van der Waals surface area (Å²) in [6.07, 6.45) is 2.12. The number of aromatic nitrogens is 1. The summed E-state index contributed by atoms with van der Waals surface area (Å²) in [4.78, 5) is 18.0. The SMILES string of the molecule is COc1ccc(N(Cc2ccccc2)C(=O)C2(F)CC2)cn1. The summed E-state index contributed by atoms with van der Waals surface area (Å²) in [5.74, 6) is -0.0411. The zero-order valence-corrected chi connectivity index (χ0v) is 12.3. The van der Waals surface area contributed by atoms with Crippen LogP contribution >= 0.6 is 0 Å². The average molecular weight is 300 g/mol. The minimum Gasteiger partial charge on any atom is -0.481 e. The van der Waals surface area contributed by atoms with Crippen molar-refractivity contribution < 1.29 is 13.9 Å². The van der Waals surface area contributed by atoms with E-state index in [2.05, 4.69) is 4.98 Å². The van der Waals surface area contributed by atoms with E-state index < -0.39 is 11.6 Å². The molecule has 1 heterocycles. The van der Waals surface area contributed by atoms with Crippen LogP contribution in [0.3, 0.4) is 0 Å². The van der Waals surface area contributed by atoms with Gasteiger partial charge in [0, 0.05) is 6.07 Å². The Labute approximate surface area is 128 Å². The molecule has 4 nitrogen and oxygen atoms in total. The Bertz CT molecular complexity index is 654. The predicted octanol–water partition coefficient (Wildman–Crippen LogP) is 3.13. The number of carbonyl (C=O) groups excluding carboxylic acids is 1. The lowest BCUT2D eigenvalue weighted by molar-refractivity contribution is -0.124. The molecule has 1 amide bonds. The number of anilines is 1. The molecule has 1 fully saturated rings. The maximum Gasteiger partial charge on any atom is 0.265 e. The van der Waals surface area contributed by atoms with Crippen LogP contribution in [0, 0.1) is 0 Å². The van der Waals surface area contributed by atoms with Gasteiger partial charge in [-0.2, -0.15) is 0 Å². The van der Waals surface area contributed by atoms with Crippen molar-refractivity contribution in [1.82, 2.24) is 4.98 Å². The molecule has 0 aliphatic heterocycles. The van der Waals surface area contributed by atoms with E-state index in [1.807, 2.05) is 30.3 Å². The second-order valence-electron chi connectivity index (χ2n) is 5.40. The van der Waals surface area contributed by atoms with Gasteiger partial charge >= 0.3 is 0 Å². The molecule has 1 aliphatic carbocycles. The Morgan fingerprint density at radius 2 is 2.00 bits per heavy atom. The molecule has 114 valence electrons. The van der Waals surface area contributed by atoms with Crippen molar-refractivity contribution in [1.29, 1.82) is 0 Å². The summed E-state index contributed by atoms with van der Waals surface area (Å²) < 4.78 is 19.3. The monoisotopic (exact) mass is 300 g/mol. The van der Waals surface area contributed by atoms with Gasteiger partial charge in [-0.05, 0) is 24.5 Å². The van der Waals surface area contributed by atoms with Crippen molar-refractivity contribution in [2.24, 2.45) is 0 Å². The highest BCUT2D eigenvalue weighted by molar-refractivity contribution is 6.01. The minimum atomic E-state index is -1.71. The quantitative estimate of drug-likeness (QED) is 0.852. The molecule has 1 aromatic heterocycles. The molecule has 0 atom stereocenters. The number of nitrogens with zero attached hydrogens (tertiary/aromatic N) is 2. The summed E-state index contributed by atoms with van der Waals surface area (Å²) in [6, 6.07) is 12.9. The standard InChI is InChI=1S/C17H17FN2O2/c1-22-15-8-7-14(11-19-15)20(16(21)17(18)9-10-17)12-13-5-3-2-4-6-13/h2-8,11H,9-10,12H2,1H3. The van der Waals surface area contributed by atoms with Gasteiger partial charge in [0.15, 0.2) is 5.67 Å². The second-order valence-corrected chi connectivity index (χ2v) is 5.40. The van der Waals surface area contributed by atoms with Crippen molar-refractivity contribution in [2.45, 2.75) is 25.1 Å². The van der Waals surface area contributed by atoms with Crippen molar-refractivity contribution in [3.05, 3.63) is 54.2 Å². The highest BCUT2D eigenvalue weighted by atomic mass is 19.1. The van der Waals surface area contributed by atoms with Gasteiger partial charge in [-0.15, -0.1) is 0 Å². The highest BCUT2D eigenvalue weighted by Crippen LogP contribution is 2.42. The lowest BCUT2D eigenvalue weighted by Crippen LogP contribution is -2.38. The molecule has 0 unspecified atom stereocenters. The summed E-state index contributed by atoms with van der Waals surface area (Å²) in [7, 11) is 1.52. The maximum absolute atomic E-state index is 14.2. The first kappa shape index (κ1) is 14.5. The van der Waals surface area contributed by atoms with E-state index >= 15 is 0 Å². The van der Waals surface area contributed by atoms with Crippen LogP contribution in [0.15, 0.2) is 48.7 Å². The first-order valence-electron chi connectivity index (χ1n) is 7.17. The fourth-order valence-electron chi connectivity index (χ4n) is 2.26. The van der Waals surface area contributed by atoms with Crippen LogP contribution in [0.25, 0.3) is 0 Å². The number of pyridine rings is 1. The van der Waals surface area contributed by atoms with Crippen LogP contribution in [0.1, 0.15) is 18.4 Å². The average Bonchev–Trinajstić information content (AvgIpc) is 3.32. The molecule has 0 radical (unpaired) electrons. The van der Waals surface area contributed by atoms with E-state index in [9.17, 15) is 9.18 Å². The number of rotatable bonds is 5. The molecule has 0 bridgehead atoms. The van der Waals surface area contributed by atoms with Gasteiger partial charge in [0.25, 0.3) is 5.91 Å². The number of benzene rings is 1. The number of hydrogen-bond donors (Lipinski definition) is 0. The molecule has 5 heteroatoms. The summed E-state index contributed by atoms with van der Waals surface area (Å²) in [5.41, 5.74) is -0.205. The molecule has 1 aromatic carbocycles. The summed E-state index contributed by atoms with van der Waals surface area (Å²) in [6.45, 7) is 0.319. The Morgan fingerprint density at radius 1 is 1.27 bits per heavy atom. The zero-order chi connectivity index (χ0) is 15.6. The third kappa shape index (κ3) is 2.93. The molecule has 1 saturated carbocycles. The van der Waals surface area contributed by atoms with Crippen LogP contribution < -0.4 is 9.64 Å². The number of alkyl halides is 1. The van der Waals surface area contributed by atoms with E-state index in [1.54, 1.807) is 12.1 Å². The largest absolute Gasteiger partial charge is 0.481 e. The van der Waals surface area contributed by atoms with Gasteiger partial charge in [-0.25, -0.2) is 9.37 Å². The fraction of sp³-hybridized carbons (Fsp3) is 0.294. The third-order valence-electron chi connectivity index (χ3n) is 3.74. The molecule has 22 heavy (non-hydrogen) atoms. The van der Waals surface area contributed by atoms with Crippen molar-refractivity contribution in [3.63, 3.8) is 0 Å². The number of amides is 1. The molecule has 2 aromatic rings. The molecule has 3 rings (SSSR count). The Kier molecular flexibility index (Phi) is 3.79. The lowest BCUT2D eigenvalue weighted by Gasteiger charge is -2.24. The lowest BCUT2D eigenvalue weighted by atomic mass is 10.2.